The van der Waals surface area contributed by atoms with Crippen molar-refractivity contribution in [1.82, 2.24) is 5.32 Å². The molecule has 0 radical (unpaired) electrons. The Kier molecular flexibility index (Phi) is 6.37. The molecule has 1 aromatic carbocycles. The maximum Gasteiger partial charge on any atom is 0.0453 e. The minimum absolute atomic E-state index is 0.410. The quantitative estimate of drug-likeness (QED) is 0.736. The van der Waals surface area contributed by atoms with Crippen molar-refractivity contribution in [2.45, 2.75) is 31.7 Å². The van der Waals surface area contributed by atoms with Crippen LogP contribution in [0, 0.1) is 0 Å². The van der Waals surface area contributed by atoms with Gasteiger partial charge in [0.05, 0.1) is 0 Å². The van der Waals surface area contributed by atoms with E-state index in [9.17, 15) is 0 Å². The summed E-state index contributed by atoms with van der Waals surface area (Å²) < 4.78 is 0. The first-order chi connectivity index (χ1) is 9.70. The SMILES string of the molecule is CNC(CCCc1cccs1)Cc1c(Cl)cccc1Cl. The van der Waals surface area contributed by atoms with E-state index < -0.39 is 0 Å². The highest BCUT2D eigenvalue weighted by atomic mass is 35.5. The number of nitrogens with one attached hydrogen (secondary N) is 1. The summed E-state index contributed by atoms with van der Waals surface area (Å²) >= 11 is 14.3. The molecule has 0 fully saturated rings. The predicted octanol–water partition coefficient (Wildman–Crippen LogP) is 5.21. The lowest BCUT2D eigenvalue weighted by Gasteiger charge is -2.17. The molecule has 1 unspecified atom stereocenters. The molecule has 0 bridgehead atoms. The summed E-state index contributed by atoms with van der Waals surface area (Å²) in [6, 6.07) is 10.4. The molecule has 0 aliphatic heterocycles. The fourth-order valence-electron chi connectivity index (χ4n) is 2.30. The van der Waals surface area contributed by atoms with Gasteiger partial charge in [-0.25, -0.2) is 0 Å². The zero-order valence-electron chi connectivity index (χ0n) is 11.5. The maximum absolute atomic E-state index is 6.24. The lowest BCUT2D eigenvalue weighted by atomic mass is 10.0. The highest BCUT2D eigenvalue weighted by Crippen LogP contribution is 2.26. The van der Waals surface area contributed by atoms with Gasteiger partial charge in [0.2, 0.25) is 0 Å². The highest BCUT2D eigenvalue weighted by molar-refractivity contribution is 7.09. The average Bonchev–Trinajstić information content (AvgIpc) is 2.94. The number of benzene rings is 1. The van der Waals surface area contributed by atoms with Crippen LogP contribution in [0.1, 0.15) is 23.3 Å². The van der Waals surface area contributed by atoms with Crippen LogP contribution in [0.5, 0.6) is 0 Å². The molecular weight excluding hydrogens is 309 g/mol. The lowest BCUT2D eigenvalue weighted by molar-refractivity contribution is 0.503. The molecule has 1 nitrogen and oxygen atoms in total. The van der Waals surface area contributed by atoms with Crippen LogP contribution in [-0.4, -0.2) is 13.1 Å². The van der Waals surface area contributed by atoms with Gasteiger partial charge in [-0.2, -0.15) is 0 Å². The van der Waals surface area contributed by atoms with E-state index in [2.05, 4.69) is 22.8 Å². The third-order valence-corrected chi connectivity index (χ3v) is 5.12. The second kappa shape index (κ2) is 8.04. The van der Waals surface area contributed by atoms with Crippen molar-refractivity contribution in [1.29, 1.82) is 0 Å². The van der Waals surface area contributed by atoms with Gasteiger partial charge in [-0.05, 0) is 61.9 Å². The predicted molar refractivity (Wildman–Crippen MR) is 90.3 cm³/mol. The van der Waals surface area contributed by atoms with Crippen LogP contribution in [0.3, 0.4) is 0 Å². The van der Waals surface area contributed by atoms with Crippen LogP contribution in [0.25, 0.3) is 0 Å². The Balaban J connectivity index is 1.88. The number of hydrogen-bond acceptors (Lipinski definition) is 2. The number of hydrogen-bond donors (Lipinski definition) is 1. The standard InChI is InChI=1S/C16H19Cl2NS/c1-19-12(5-2-6-13-7-4-10-20-13)11-14-15(17)8-3-9-16(14)18/h3-4,7-10,12,19H,2,5-6,11H2,1H3. The molecule has 0 spiro atoms. The van der Waals surface area contributed by atoms with Crippen LogP contribution in [0.2, 0.25) is 10.0 Å². The van der Waals surface area contributed by atoms with Gasteiger partial charge in [0.15, 0.2) is 0 Å². The Hall–Kier alpha value is -0.540. The Morgan fingerprint density at radius 1 is 1.15 bits per heavy atom. The number of thiophene rings is 1. The number of aryl methyl sites for hydroxylation is 1. The fraction of sp³-hybridized carbons (Fsp3) is 0.375. The van der Waals surface area contributed by atoms with E-state index in [4.69, 9.17) is 23.2 Å². The van der Waals surface area contributed by atoms with Gasteiger partial charge in [0.1, 0.15) is 0 Å². The maximum atomic E-state index is 6.24. The molecule has 108 valence electrons. The van der Waals surface area contributed by atoms with E-state index in [0.29, 0.717) is 6.04 Å². The summed E-state index contributed by atoms with van der Waals surface area (Å²) in [5.41, 5.74) is 1.05. The van der Waals surface area contributed by atoms with E-state index >= 15 is 0 Å². The molecule has 0 aliphatic carbocycles. The zero-order chi connectivity index (χ0) is 14.4. The summed E-state index contributed by atoms with van der Waals surface area (Å²) in [7, 11) is 2.00. The molecule has 0 saturated heterocycles. The minimum atomic E-state index is 0.410. The molecule has 1 atom stereocenters. The van der Waals surface area contributed by atoms with E-state index in [0.717, 1.165) is 34.9 Å². The summed E-state index contributed by atoms with van der Waals surface area (Å²) in [4.78, 5) is 1.45. The first-order valence-electron chi connectivity index (χ1n) is 6.83. The van der Waals surface area contributed by atoms with Gasteiger partial charge < -0.3 is 5.32 Å². The van der Waals surface area contributed by atoms with Crippen molar-refractivity contribution in [2.24, 2.45) is 0 Å². The van der Waals surface area contributed by atoms with Crippen molar-refractivity contribution in [2.75, 3.05) is 7.05 Å². The Labute approximate surface area is 134 Å². The topological polar surface area (TPSA) is 12.0 Å². The molecule has 4 heteroatoms. The smallest absolute Gasteiger partial charge is 0.0453 e. The van der Waals surface area contributed by atoms with Crippen LogP contribution in [0.4, 0.5) is 0 Å². The van der Waals surface area contributed by atoms with E-state index in [-0.39, 0.29) is 0 Å². The number of rotatable bonds is 7. The van der Waals surface area contributed by atoms with E-state index in [1.165, 1.54) is 11.3 Å². The molecular formula is C16H19Cl2NS. The average molecular weight is 328 g/mol. The molecule has 2 aromatic rings. The lowest BCUT2D eigenvalue weighted by Crippen LogP contribution is -2.27. The van der Waals surface area contributed by atoms with Gasteiger partial charge in [-0.15, -0.1) is 11.3 Å². The van der Waals surface area contributed by atoms with Gasteiger partial charge in [-0.3, -0.25) is 0 Å². The van der Waals surface area contributed by atoms with Crippen LogP contribution >= 0.6 is 34.5 Å². The second-order valence-corrected chi connectivity index (χ2v) is 6.71. The molecule has 1 N–H and O–H groups in total. The van der Waals surface area contributed by atoms with Gasteiger partial charge in [0, 0.05) is 21.0 Å². The minimum Gasteiger partial charge on any atom is -0.317 e. The summed E-state index contributed by atoms with van der Waals surface area (Å²) in [6.07, 6.45) is 4.32. The third kappa shape index (κ3) is 4.49. The number of likely N-dealkylation sites (N-methyl/N-ethyl adjacent to an activating group) is 1. The zero-order valence-corrected chi connectivity index (χ0v) is 13.9. The fourth-order valence-corrected chi connectivity index (χ4v) is 3.60. The highest BCUT2D eigenvalue weighted by Gasteiger charge is 2.12. The van der Waals surface area contributed by atoms with E-state index in [1.807, 2.05) is 36.6 Å². The second-order valence-electron chi connectivity index (χ2n) is 4.86. The Bertz CT molecular complexity index is 505. The van der Waals surface area contributed by atoms with Crippen LogP contribution in [-0.2, 0) is 12.8 Å². The van der Waals surface area contributed by atoms with Crippen LogP contribution < -0.4 is 5.32 Å². The summed E-state index contributed by atoms with van der Waals surface area (Å²) in [5.74, 6) is 0. The summed E-state index contributed by atoms with van der Waals surface area (Å²) in [5, 5.41) is 7.02. The van der Waals surface area contributed by atoms with Crippen molar-refractivity contribution in [3.05, 3.63) is 56.2 Å². The Morgan fingerprint density at radius 2 is 1.90 bits per heavy atom. The number of halogens is 2. The normalized spacial score (nSPS) is 12.6. The van der Waals surface area contributed by atoms with Gasteiger partial charge >= 0.3 is 0 Å². The Morgan fingerprint density at radius 3 is 2.50 bits per heavy atom. The monoisotopic (exact) mass is 327 g/mol. The largest absolute Gasteiger partial charge is 0.317 e. The van der Waals surface area contributed by atoms with Crippen molar-refractivity contribution in [3.8, 4) is 0 Å². The van der Waals surface area contributed by atoms with Crippen molar-refractivity contribution < 1.29 is 0 Å². The molecule has 1 heterocycles. The molecule has 0 saturated carbocycles. The first-order valence-corrected chi connectivity index (χ1v) is 8.47. The van der Waals surface area contributed by atoms with Crippen molar-refractivity contribution >= 4 is 34.5 Å². The molecule has 2 rings (SSSR count). The van der Waals surface area contributed by atoms with Gasteiger partial charge in [-0.1, -0.05) is 35.3 Å². The first kappa shape index (κ1) is 15.8. The van der Waals surface area contributed by atoms with Crippen LogP contribution in [0.15, 0.2) is 35.7 Å². The third-order valence-electron chi connectivity index (χ3n) is 3.48. The molecule has 0 amide bonds. The molecule has 1 aromatic heterocycles. The van der Waals surface area contributed by atoms with Crippen molar-refractivity contribution in [3.63, 3.8) is 0 Å². The summed E-state index contributed by atoms with van der Waals surface area (Å²) in [6.45, 7) is 0. The molecule has 20 heavy (non-hydrogen) atoms. The van der Waals surface area contributed by atoms with E-state index in [1.54, 1.807) is 0 Å². The van der Waals surface area contributed by atoms with Gasteiger partial charge in [0.25, 0.3) is 0 Å². The molecule has 0 aliphatic rings.